The first kappa shape index (κ1) is 16.9. The smallest absolute Gasteiger partial charge is 0.256 e. The zero-order valence-corrected chi connectivity index (χ0v) is 15.2. The highest BCUT2D eigenvalue weighted by molar-refractivity contribution is 6.07. The predicted molar refractivity (Wildman–Crippen MR) is 105 cm³/mol. The van der Waals surface area contributed by atoms with E-state index in [0.717, 1.165) is 48.9 Å². The molecule has 134 valence electrons. The van der Waals surface area contributed by atoms with E-state index in [2.05, 4.69) is 46.3 Å². The van der Waals surface area contributed by atoms with Gasteiger partial charge in [0.2, 0.25) is 0 Å². The van der Waals surface area contributed by atoms with Crippen molar-refractivity contribution in [2.45, 2.75) is 25.4 Å². The summed E-state index contributed by atoms with van der Waals surface area (Å²) < 4.78 is 2.19. The number of aromatic nitrogens is 1. The highest BCUT2D eigenvalue weighted by atomic mass is 16.2. The van der Waals surface area contributed by atoms with Gasteiger partial charge in [0, 0.05) is 42.8 Å². The van der Waals surface area contributed by atoms with Crippen LogP contribution in [0.4, 0.5) is 0 Å². The zero-order valence-electron chi connectivity index (χ0n) is 15.2. The van der Waals surface area contributed by atoms with Gasteiger partial charge in [-0.05, 0) is 31.5 Å². The lowest BCUT2D eigenvalue weighted by Gasteiger charge is -2.31. The van der Waals surface area contributed by atoms with Crippen molar-refractivity contribution in [3.05, 3.63) is 71.9 Å². The maximum atomic E-state index is 13.2. The topological polar surface area (TPSA) is 37.3 Å². The van der Waals surface area contributed by atoms with Gasteiger partial charge in [-0.15, -0.1) is 0 Å². The van der Waals surface area contributed by atoms with Gasteiger partial charge in [-0.1, -0.05) is 48.5 Å². The Hall–Kier alpha value is -2.59. The fraction of sp³-hybridized carbons (Fsp3) is 0.318. The summed E-state index contributed by atoms with van der Waals surface area (Å²) >= 11 is 0. The van der Waals surface area contributed by atoms with Gasteiger partial charge in [0.05, 0.1) is 5.56 Å². The molecule has 0 saturated carbocycles. The average molecular weight is 347 g/mol. The summed E-state index contributed by atoms with van der Waals surface area (Å²) in [5.41, 5.74) is 3.17. The van der Waals surface area contributed by atoms with Crippen molar-refractivity contribution in [3.63, 3.8) is 0 Å². The van der Waals surface area contributed by atoms with Gasteiger partial charge in [0.15, 0.2) is 0 Å². The molecule has 1 N–H and O–H groups in total. The van der Waals surface area contributed by atoms with Crippen molar-refractivity contribution in [2.75, 3.05) is 20.1 Å². The molecular formula is C22H25N3O. The summed E-state index contributed by atoms with van der Waals surface area (Å²) in [5, 5.41) is 4.37. The first-order valence-corrected chi connectivity index (χ1v) is 9.34. The molecule has 4 rings (SSSR count). The summed E-state index contributed by atoms with van der Waals surface area (Å²) in [6, 6.07) is 19.1. The third kappa shape index (κ3) is 3.25. The predicted octanol–water partition coefficient (Wildman–Crippen LogP) is 3.51. The number of carbonyl (C=O) groups is 1. The molecule has 0 unspecified atom stereocenters. The Morgan fingerprint density at radius 2 is 1.73 bits per heavy atom. The number of nitrogens with zero attached hydrogens (tertiary/aromatic N) is 2. The monoisotopic (exact) mass is 347 g/mol. The lowest BCUT2D eigenvalue weighted by Crippen LogP contribution is -2.43. The molecule has 1 amide bonds. The molecule has 2 aromatic carbocycles. The van der Waals surface area contributed by atoms with Crippen LogP contribution < -0.4 is 5.32 Å². The normalized spacial score (nSPS) is 15.5. The number of hydrogen-bond acceptors (Lipinski definition) is 2. The summed E-state index contributed by atoms with van der Waals surface area (Å²) in [6.45, 7) is 2.42. The molecular weight excluding hydrogens is 322 g/mol. The molecule has 0 radical (unpaired) electrons. The standard InChI is InChI=1S/C22H25N3O/c1-23-18-11-13-24(14-12-18)22(26)20-16-25(15-17-7-3-2-4-8-17)21-10-6-5-9-19(20)21/h2-10,16,18,23H,11-15H2,1H3. The van der Waals surface area contributed by atoms with Crippen LogP contribution in [0.5, 0.6) is 0 Å². The Balaban J connectivity index is 1.64. The van der Waals surface area contributed by atoms with Crippen LogP contribution in [-0.4, -0.2) is 41.6 Å². The molecule has 1 aliphatic heterocycles. The molecule has 1 saturated heterocycles. The summed E-state index contributed by atoms with van der Waals surface area (Å²) in [6.07, 6.45) is 4.07. The van der Waals surface area contributed by atoms with Gasteiger partial charge in [0.1, 0.15) is 0 Å². The van der Waals surface area contributed by atoms with E-state index in [1.165, 1.54) is 5.56 Å². The second kappa shape index (κ2) is 7.34. The molecule has 2 heterocycles. The number of nitrogens with one attached hydrogen (secondary N) is 1. The van der Waals surface area contributed by atoms with E-state index in [1.54, 1.807) is 0 Å². The van der Waals surface area contributed by atoms with Crippen LogP contribution in [0, 0.1) is 0 Å². The second-order valence-corrected chi connectivity index (χ2v) is 7.03. The van der Waals surface area contributed by atoms with E-state index >= 15 is 0 Å². The number of likely N-dealkylation sites (tertiary alicyclic amines) is 1. The van der Waals surface area contributed by atoms with Crippen LogP contribution in [0.15, 0.2) is 60.8 Å². The Kier molecular flexibility index (Phi) is 4.76. The maximum Gasteiger partial charge on any atom is 0.256 e. The average Bonchev–Trinajstić information content (AvgIpc) is 3.07. The van der Waals surface area contributed by atoms with E-state index in [1.807, 2.05) is 36.3 Å². The highest BCUT2D eigenvalue weighted by Crippen LogP contribution is 2.25. The second-order valence-electron chi connectivity index (χ2n) is 7.03. The van der Waals surface area contributed by atoms with Gasteiger partial charge in [-0.25, -0.2) is 0 Å². The molecule has 1 fully saturated rings. The number of rotatable bonds is 4. The first-order chi connectivity index (χ1) is 12.8. The van der Waals surface area contributed by atoms with Crippen molar-refractivity contribution in [1.29, 1.82) is 0 Å². The lowest BCUT2D eigenvalue weighted by molar-refractivity contribution is 0.0709. The third-order valence-electron chi connectivity index (χ3n) is 5.41. The molecule has 3 aromatic rings. The third-order valence-corrected chi connectivity index (χ3v) is 5.41. The SMILES string of the molecule is CNC1CCN(C(=O)c2cn(Cc3ccccc3)c3ccccc23)CC1. The molecule has 0 aliphatic carbocycles. The largest absolute Gasteiger partial charge is 0.342 e. The molecule has 26 heavy (non-hydrogen) atoms. The van der Waals surface area contributed by atoms with Crippen LogP contribution >= 0.6 is 0 Å². The fourth-order valence-corrected chi connectivity index (χ4v) is 3.87. The van der Waals surface area contributed by atoms with Gasteiger partial charge < -0.3 is 14.8 Å². The number of benzene rings is 2. The first-order valence-electron chi connectivity index (χ1n) is 9.34. The minimum absolute atomic E-state index is 0.155. The molecule has 0 atom stereocenters. The van der Waals surface area contributed by atoms with E-state index in [0.29, 0.717) is 6.04 Å². The summed E-state index contributed by atoms with van der Waals surface area (Å²) in [7, 11) is 2.00. The van der Waals surface area contributed by atoms with E-state index in [4.69, 9.17) is 0 Å². The summed E-state index contributed by atoms with van der Waals surface area (Å²) in [5.74, 6) is 0.155. The number of fused-ring (bicyclic) bond motifs is 1. The Labute approximate surface area is 154 Å². The number of amides is 1. The Bertz CT molecular complexity index is 892. The minimum Gasteiger partial charge on any atom is -0.342 e. The Morgan fingerprint density at radius 1 is 1.04 bits per heavy atom. The number of hydrogen-bond donors (Lipinski definition) is 1. The summed E-state index contributed by atoms with van der Waals surface area (Å²) in [4.78, 5) is 15.2. The van der Waals surface area contributed by atoms with Crippen LogP contribution in [-0.2, 0) is 6.54 Å². The van der Waals surface area contributed by atoms with Crippen molar-refractivity contribution in [1.82, 2.24) is 14.8 Å². The van der Waals surface area contributed by atoms with E-state index < -0.39 is 0 Å². The quantitative estimate of drug-likeness (QED) is 0.784. The minimum atomic E-state index is 0.155. The number of carbonyl (C=O) groups excluding carboxylic acids is 1. The van der Waals surface area contributed by atoms with Crippen molar-refractivity contribution in [3.8, 4) is 0 Å². The van der Waals surface area contributed by atoms with Gasteiger partial charge in [0.25, 0.3) is 5.91 Å². The van der Waals surface area contributed by atoms with Gasteiger partial charge in [-0.2, -0.15) is 0 Å². The zero-order chi connectivity index (χ0) is 17.9. The van der Waals surface area contributed by atoms with Gasteiger partial charge in [-0.3, -0.25) is 4.79 Å². The van der Waals surface area contributed by atoms with Crippen LogP contribution in [0.1, 0.15) is 28.8 Å². The molecule has 0 spiro atoms. The van der Waals surface area contributed by atoms with Crippen molar-refractivity contribution in [2.24, 2.45) is 0 Å². The van der Waals surface area contributed by atoms with Crippen molar-refractivity contribution >= 4 is 16.8 Å². The van der Waals surface area contributed by atoms with Crippen LogP contribution in [0.25, 0.3) is 10.9 Å². The molecule has 0 bridgehead atoms. The number of para-hydroxylation sites is 1. The number of piperidine rings is 1. The molecule has 4 heteroatoms. The molecule has 4 nitrogen and oxygen atoms in total. The van der Waals surface area contributed by atoms with E-state index in [9.17, 15) is 4.79 Å². The highest BCUT2D eigenvalue weighted by Gasteiger charge is 2.25. The molecule has 1 aromatic heterocycles. The van der Waals surface area contributed by atoms with Crippen LogP contribution in [0.2, 0.25) is 0 Å². The van der Waals surface area contributed by atoms with Crippen molar-refractivity contribution < 1.29 is 4.79 Å². The van der Waals surface area contributed by atoms with Crippen LogP contribution in [0.3, 0.4) is 0 Å². The fourth-order valence-electron chi connectivity index (χ4n) is 3.87. The lowest BCUT2D eigenvalue weighted by atomic mass is 10.0. The Morgan fingerprint density at radius 3 is 2.46 bits per heavy atom. The van der Waals surface area contributed by atoms with E-state index in [-0.39, 0.29) is 5.91 Å². The van der Waals surface area contributed by atoms with Gasteiger partial charge >= 0.3 is 0 Å². The maximum absolute atomic E-state index is 13.2. The molecule has 1 aliphatic rings.